The molecule has 1 atom stereocenters. The maximum Gasteiger partial charge on any atom is 0.0218 e. The molecule has 0 amide bonds. The standard InChI is InChI=1S/C11H24N2/c1-3-10(4-2)11(7-12)13-8-9-5-6-9/h9-11,13H,3-8,12H2,1-2H3. The van der Waals surface area contributed by atoms with E-state index in [0.717, 1.165) is 18.4 Å². The van der Waals surface area contributed by atoms with Crippen LogP contribution in [-0.2, 0) is 0 Å². The van der Waals surface area contributed by atoms with Crippen LogP contribution in [0.4, 0.5) is 0 Å². The molecule has 0 aromatic carbocycles. The Morgan fingerprint density at radius 2 is 1.92 bits per heavy atom. The van der Waals surface area contributed by atoms with Crippen LogP contribution in [0.5, 0.6) is 0 Å². The third-order valence-electron chi connectivity index (χ3n) is 3.24. The van der Waals surface area contributed by atoms with Crippen LogP contribution in [0.1, 0.15) is 39.5 Å². The molecule has 1 aliphatic carbocycles. The normalized spacial score (nSPS) is 19.4. The number of nitrogens with one attached hydrogen (secondary N) is 1. The van der Waals surface area contributed by atoms with Gasteiger partial charge in [-0.05, 0) is 31.2 Å². The Morgan fingerprint density at radius 3 is 2.31 bits per heavy atom. The quantitative estimate of drug-likeness (QED) is 0.632. The molecule has 0 aliphatic heterocycles. The second-order valence-electron chi connectivity index (χ2n) is 4.27. The Bertz CT molecular complexity index is 128. The minimum atomic E-state index is 0.551. The lowest BCUT2D eigenvalue weighted by Gasteiger charge is -2.25. The third kappa shape index (κ3) is 3.65. The molecule has 1 unspecified atom stereocenters. The van der Waals surface area contributed by atoms with E-state index < -0.39 is 0 Å². The van der Waals surface area contributed by atoms with Gasteiger partial charge in [-0.3, -0.25) is 0 Å². The summed E-state index contributed by atoms with van der Waals surface area (Å²) in [6.07, 6.45) is 5.34. The van der Waals surface area contributed by atoms with E-state index in [1.165, 1.54) is 32.2 Å². The van der Waals surface area contributed by atoms with E-state index >= 15 is 0 Å². The van der Waals surface area contributed by atoms with Crippen LogP contribution >= 0.6 is 0 Å². The fourth-order valence-electron chi connectivity index (χ4n) is 1.94. The molecule has 3 N–H and O–H groups in total. The first-order valence-electron chi connectivity index (χ1n) is 5.75. The second-order valence-corrected chi connectivity index (χ2v) is 4.27. The van der Waals surface area contributed by atoms with E-state index in [0.29, 0.717) is 6.04 Å². The van der Waals surface area contributed by atoms with Crippen molar-refractivity contribution in [3.05, 3.63) is 0 Å². The lowest BCUT2D eigenvalue weighted by Crippen LogP contribution is -2.42. The predicted molar refractivity (Wildman–Crippen MR) is 57.6 cm³/mol. The molecule has 1 fully saturated rings. The Balaban J connectivity index is 2.21. The molecule has 0 saturated heterocycles. The zero-order chi connectivity index (χ0) is 9.68. The van der Waals surface area contributed by atoms with Gasteiger partial charge >= 0.3 is 0 Å². The van der Waals surface area contributed by atoms with Crippen LogP contribution in [0, 0.1) is 11.8 Å². The van der Waals surface area contributed by atoms with Gasteiger partial charge in [0, 0.05) is 12.6 Å². The van der Waals surface area contributed by atoms with Crippen LogP contribution in [0.3, 0.4) is 0 Å². The van der Waals surface area contributed by atoms with Crippen molar-refractivity contribution in [2.45, 2.75) is 45.6 Å². The second kappa shape index (κ2) is 5.61. The largest absolute Gasteiger partial charge is 0.329 e. The third-order valence-corrected chi connectivity index (χ3v) is 3.24. The Hall–Kier alpha value is -0.0800. The highest BCUT2D eigenvalue weighted by Crippen LogP contribution is 2.28. The highest BCUT2D eigenvalue weighted by atomic mass is 14.9. The summed E-state index contributed by atoms with van der Waals surface area (Å²) in [5.41, 5.74) is 5.77. The van der Waals surface area contributed by atoms with E-state index in [1.807, 2.05) is 0 Å². The Labute approximate surface area is 82.3 Å². The van der Waals surface area contributed by atoms with Gasteiger partial charge in [0.25, 0.3) is 0 Å². The monoisotopic (exact) mass is 184 g/mol. The van der Waals surface area contributed by atoms with Crippen LogP contribution in [-0.4, -0.2) is 19.1 Å². The highest BCUT2D eigenvalue weighted by molar-refractivity contribution is 4.81. The van der Waals surface area contributed by atoms with Crippen molar-refractivity contribution in [3.63, 3.8) is 0 Å². The molecule has 2 nitrogen and oxygen atoms in total. The summed E-state index contributed by atoms with van der Waals surface area (Å²) >= 11 is 0. The minimum Gasteiger partial charge on any atom is -0.329 e. The van der Waals surface area contributed by atoms with E-state index in [4.69, 9.17) is 5.73 Å². The number of hydrogen-bond donors (Lipinski definition) is 2. The van der Waals surface area contributed by atoms with Crippen LogP contribution in [0.25, 0.3) is 0 Å². The maximum atomic E-state index is 5.77. The first-order valence-corrected chi connectivity index (χ1v) is 5.75. The molecular weight excluding hydrogens is 160 g/mol. The fourth-order valence-corrected chi connectivity index (χ4v) is 1.94. The number of hydrogen-bond acceptors (Lipinski definition) is 2. The van der Waals surface area contributed by atoms with E-state index in [2.05, 4.69) is 19.2 Å². The Kier molecular flexibility index (Phi) is 4.74. The molecule has 78 valence electrons. The predicted octanol–water partition coefficient (Wildman–Crippen LogP) is 1.75. The van der Waals surface area contributed by atoms with Crippen LogP contribution in [0.15, 0.2) is 0 Å². The average molecular weight is 184 g/mol. The maximum absolute atomic E-state index is 5.77. The van der Waals surface area contributed by atoms with Gasteiger partial charge in [-0.1, -0.05) is 26.7 Å². The zero-order valence-corrected chi connectivity index (χ0v) is 9.05. The minimum absolute atomic E-state index is 0.551. The molecule has 2 heteroatoms. The molecule has 0 bridgehead atoms. The van der Waals surface area contributed by atoms with Crippen molar-refractivity contribution >= 4 is 0 Å². The van der Waals surface area contributed by atoms with Gasteiger partial charge in [0.1, 0.15) is 0 Å². The smallest absolute Gasteiger partial charge is 0.0218 e. The van der Waals surface area contributed by atoms with Crippen molar-refractivity contribution in [3.8, 4) is 0 Å². The van der Waals surface area contributed by atoms with E-state index in [-0.39, 0.29) is 0 Å². The van der Waals surface area contributed by atoms with Gasteiger partial charge < -0.3 is 11.1 Å². The fraction of sp³-hybridized carbons (Fsp3) is 1.00. The molecule has 1 rings (SSSR count). The topological polar surface area (TPSA) is 38.0 Å². The summed E-state index contributed by atoms with van der Waals surface area (Å²) in [5, 5.41) is 3.61. The first-order chi connectivity index (χ1) is 6.31. The molecular formula is C11H24N2. The van der Waals surface area contributed by atoms with Crippen molar-refractivity contribution in [1.82, 2.24) is 5.32 Å². The zero-order valence-electron chi connectivity index (χ0n) is 9.05. The summed E-state index contributed by atoms with van der Waals surface area (Å²) in [6.45, 7) is 6.50. The van der Waals surface area contributed by atoms with Gasteiger partial charge in [-0.2, -0.15) is 0 Å². The van der Waals surface area contributed by atoms with Gasteiger partial charge in [0.2, 0.25) is 0 Å². The van der Waals surface area contributed by atoms with Gasteiger partial charge in [-0.15, -0.1) is 0 Å². The molecule has 1 saturated carbocycles. The molecule has 0 radical (unpaired) electrons. The molecule has 1 aliphatic rings. The van der Waals surface area contributed by atoms with Gasteiger partial charge in [0.05, 0.1) is 0 Å². The average Bonchev–Trinajstić information content (AvgIpc) is 2.96. The molecule has 13 heavy (non-hydrogen) atoms. The summed E-state index contributed by atoms with van der Waals surface area (Å²) in [4.78, 5) is 0. The van der Waals surface area contributed by atoms with Crippen molar-refractivity contribution in [1.29, 1.82) is 0 Å². The van der Waals surface area contributed by atoms with Gasteiger partial charge in [0.15, 0.2) is 0 Å². The number of nitrogens with two attached hydrogens (primary N) is 1. The summed E-state index contributed by atoms with van der Waals surface area (Å²) in [6, 6.07) is 0.551. The lowest BCUT2D eigenvalue weighted by atomic mass is 9.94. The SMILES string of the molecule is CCC(CC)C(CN)NCC1CC1. The van der Waals surface area contributed by atoms with E-state index in [9.17, 15) is 0 Å². The van der Waals surface area contributed by atoms with Crippen molar-refractivity contribution in [2.75, 3.05) is 13.1 Å². The van der Waals surface area contributed by atoms with Gasteiger partial charge in [-0.25, -0.2) is 0 Å². The summed E-state index contributed by atoms with van der Waals surface area (Å²) < 4.78 is 0. The van der Waals surface area contributed by atoms with Crippen molar-refractivity contribution in [2.24, 2.45) is 17.6 Å². The van der Waals surface area contributed by atoms with Crippen molar-refractivity contribution < 1.29 is 0 Å². The summed E-state index contributed by atoms with van der Waals surface area (Å²) in [5.74, 6) is 1.73. The highest BCUT2D eigenvalue weighted by Gasteiger charge is 2.23. The molecule has 0 aromatic rings. The molecule has 0 heterocycles. The van der Waals surface area contributed by atoms with E-state index in [1.54, 1.807) is 0 Å². The molecule has 0 spiro atoms. The Morgan fingerprint density at radius 1 is 1.31 bits per heavy atom. The number of rotatable bonds is 7. The van der Waals surface area contributed by atoms with Crippen LogP contribution in [0.2, 0.25) is 0 Å². The van der Waals surface area contributed by atoms with Crippen LogP contribution < -0.4 is 11.1 Å². The lowest BCUT2D eigenvalue weighted by molar-refractivity contribution is 0.336. The molecule has 0 aromatic heterocycles. The first kappa shape index (κ1) is 11.0. The summed E-state index contributed by atoms with van der Waals surface area (Å²) in [7, 11) is 0.